The lowest BCUT2D eigenvalue weighted by Gasteiger charge is -2.10. The first-order valence-electron chi connectivity index (χ1n) is 5.07. The summed E-state index contributed by atoms with van der Waals surface area (Å²) in [6.07, 6.45) is -3.91. The largest absolute Gasteiger partial charge is 0.416 e. The Hall–Kier alpha value is -0.750. The first-order chi connectivity index (χ1) is 8.36. The van der Waals surface area contributed by atoms with Crippen molar-refractivity contribution in [2.24, 2.45) is 0 Å². The molecule has 100 valence electrons. The fourth-order valence-corrected chi connectivity index (χ4v) is 1.80. The molecule has 0 spiro atoms. The van der Waals surface area contributed by atoms with Crippen LogP contribution in [0.15, 0.2) is 22.7 Å². The number of rotatable bonds is 4. The fourth-order valence-electron chi connectivity index (χ4n) is 1.24. The number of carbonyl (C=O) groups excluding carboxylic acids is 1. The predicted octanol–water partition coefficient (Wildman–Crippen LogP) is 3.83. The van der Waals surface area contributed by atoms with E-state index in [9.17, 15) is 18.0 Å². The molecule has 0 unspecified atom stereocenters. The summed E-state index contributed by atoms with van der Waals surface area (Å²) in [7, 11) is 0. The molecule has 0 aliphatic heterocycles. The standard InChI is InChI=1S/C11H10BrClF3NO/c12-9-3-2-7(11(14,15)16)6-8(9)10(18)17-5-1-4-13/h2-3,6H,1,4-5H2,(H,17,18). The fraction of sp³-hybridized carbons (Fsp3) is 0.364. The Morgan fingerprint density at radius 2 is 2.06 bits per heavy atom. The number of hydrogen-bond donors (Lipinski definition) is 1. The van der Waals surface area contributed by atoms with E-state index in [0.717, 1.165) is 12.1 Å². The Kier molecular flexibility index (Phi) is 5.47. The summed E-state index contributed by atoms with van der Waals surface area (Å²) in [5, 5.41) is 2.50. The van der Waals surface area contributed by atoms with Gasteiger partial charge in [-0.05, 0) is 40.5 Å². The van der Waals surface area contributed by atoms with Crippen molar-refractivity contribution >= 4 is 33.4 Å². The van der Waals surface area contributed by atoms with Crippen LogP contribution in [0.3, 0.4) is 0 Å². The van der Waals surface area contributed by atoms with Gasteiger partial charge in [0.25, 0.3) is 5.91 Å². The first kappa shape index (κ1) is 15.3. The van der Waals surface area contributed by atoms with Gasteiger partial charge in [-0.1, -0.05) is 0 Å². The molecular weight excluding hydrogens is 334 g/mol. The molecule has 18 heavy (non-hydrogen) atoms. The lowest BCUT2D eigenvalue weighted by atomic mass is 10.1. The van der Waals surface area contributed by atoms with Crippen LogP contribution < -0.4 is 5.32 Å². The maximum Gasteiger partial charge on any atom is 0.416 e. The van der Waals surface area contributed by atoms with E-state index >= 15 is 0 Å². The third kappa shape index (κ3) is 4.17. The van der Waals surface area contributed by atoms with Crippen LogP contribution in [0, 0.1) is 0 Å². The number of alkyl halides is 4. The van der Waals surface area contributed by atoms with Gasteiger partial charge in [-0.15, -0.1) is 11.6 Å². The molecule has 0 aliphatic rings. The molecule has 0 aliphatic carbocycles. The van der Waals surface area contributed by atoms with Gasteiger partial charge in [0.2, 0.25) is 0 Å². The van der Waals surface area contributed by atoms with Crippen molar-refractivity contribution in [3.8, 4) is 0 Å². The van der Waals surface area contributed by atoms with Gasteiger partial charge < -0.3 is 5.32 Å². The van der Waals surface area contributed by atoms with Gasteiger partial charge in [0.1, 0.15) is 0 Å². The van der Waals surface area contributed by atoms with Gasteiger partial charge in [0.05, 0.1) is 11.1 Å². The second-order valence-corrected chi connectivity index (χ2v) is 4.72. The van der Waals surface area contributed by atoms with E-state index in [4.69, 9.17) is 11.6 Å². The van der Waals surface area contributed by atoms with Gasteiger partial charge in [-0.3, -0.25) is 4.79 Å². The highest BCUT2D eigenvalue weighted by molar-refractivity contribution is 9.10. The predicted molar refractivity (Wildman–Crippen MR) is 66.8 cm³/mol. The van der Waals surface area contributed by atoms with E-state index in [1.165, 1.54) is 6.07 Å². The molecule has 1 amide bonds. The van der Waals surface area contributed by atoms with Crippen LogP contribution in [0.25, 0.3) is 0 Å². The maximum absolute atomic E-state index is 12.5. The molecule has 0 heterocycles. The van der Waals surface area contributed by atoms with Crippen LogP contribution in [0.4, 0.5) is 13.2 Å². The van der Waals surface area contributed by atoms with Crippen LogP contribution >= 0.6 is 27.5 Å². The zero-order chi connectivity index (χ0) is 13.8. The molecule has 1 aromatic carbocycles. The quantitative estimate of drug-likeness (QED) is 0.653. The number of nitrogens with one attached hydrogen (secondary N) is 1. The topological polar surface area (TPSA) is 29.1 Å². The Bertz CT molecular complexity index is 437. The molecule has 2 nitrogen and oxygen atoms in total. The average molecular weight is 345 g/mol. The second-order valence-electron chi connectivity index (χ2n) is 3.49. The molecule has 0 aromatic heterocycles. The van der Waals surface area contributed by atoms with Crippen molar-refractivity contribution in [3.05, 3.63) is 33.8 Å². The number of halogens is 5. The molecule has 0 atom stereocenters. The summed E-state index contributed by atoms with van der Waals surface area (Å²) < 4.78 is 37.8. The van der Waals surface area contributed by atoms with Gasteiger partial charge in [-0.25, -0.2) is 0 Å². The van der Waals surface area contributed by atoms with Crippen LogP contribution in [-0.4, -0.2) is 18.3 Å². The van der Waals surface area contributed by atoms with Crippen LogP contribution in [0.2, 0.25) is 0 Å². The molecule has 0 saturated carbocycles. The third-order valence-corrected chi connectivity index (χ3v) is 3.09. The zero-order valence-electron chi connectivity index (χ0n) is 9.15. The molecule has 7 heteroatoms. The minimum absolute atomic E-state index is 0.0422. The Morgan fingerprint density at radius 3 is 2.61 bits per heavy atom. The summed E-state index contributed by atoms with van der Waals surface area (Å²) >= 11 is 8.49. The number of benzene rings is 1. The lowest BCUT2D eigenvalue weighted by molar-refractivity contribution is -0.137. The van der Waals surface area contributed by atoms with Crippen molar-refractivity contribution in [2.75, 3.05) is 12.4 Å². The summed E-state index contributed by atoms with van der Waals surface area (Å²) in [5.41, 5.74) is -0.896. The Morgan fingerprint density at radius 1 is 1.39 bits per heavy atom. The highest BCUT2D eigenvalue weighted by atomic mass is 79.9. The SMILES string of the molecule is O=C(NCCCCl)c1cc(C(F)(F)F)ccc1Br. The average Bonchev–Trinajstić information content (AvgIpc) is 2.28. The van der Waals surface area contributed by atoms with Crippen LogP contribution in [0.1, 0.15) is 22.3 Å². The van der Waals surface area contributed by atoms with E-state index in [-0.39, 0.29) is 5.56 Å². The lowest BCUT2D eigenvalue weighted by Crippen LogP contribution is -2.25. The smallest absolute Gasteiger partial charge is 0.352 e. The molecule has 0 saturated heterocycles. The number of amides is 1. The van der Waals surface area contributed by atoms with Crippen molar-refractivity contribution in [1.82, 2.24) is 5.32 Å². The van der Waals surface area contributed by atoms with Gasteiger partial charge in [0.15, 0.2) is 0 Å². The third-order valence-electron chi connectivity index (χ3n) is 2.13. The molecule has 0 radical (unpaired) electrons. The highest BCUT2D eigenvalue weighted by Gasteiger charge is 2.31. The number of carbonyl (C=O) groups is 1. The summed E-state index contributed by atoms with van der Waals surface area (Å²) in [5.74, 6) is -0.178. The zero-order valence-corrected chi connectivity index (χ0v) is 11.5. The normalized spacial score (nSPS) is 11.4. The Balaban J connectivity index is 2.90. The minimum Gasteiger partial charge on any atom is -0.352 e. The molecule has 1 N–H and O–H groups in total. The molecule has 0 bridgehead atoms. The maximum atomic E-state index is 12.5. The molecule has 0 fully saturated rings. The monoisotopic (exact) mass is 343 g/mol. The van der Waals surface area contributed by atoms with Gasteiger partial charge in [-0.2, -0.15) is 13.2 Å². The van der Waals surface area contributed by atoms with Crippen molar-refractivity contribution in [2.45, 2.75) is 12.6 Å². The van der Waals surface area contributed by atoms with Crippen molar-refractivity contribution < 1.29 is 18.0 Å². The molecular formula is C11H10BrClF3NO. The van der Waals surface area contributed by atoms with E-state index in [2.05, 4.69) is 21.2 Å². The highest BCUT2D eigenvalue weighted by Crippen LogP contribution is 2.31. The summed E-state index contributed by atoms with van der Waals surface area (Å²) in [4.78, 5) is 11.7. The minimum atomic E-state index is -4.47. The van der Waals surface area contributed by atoms with Crippen molar-refractivity contribution in [1.29, 1.82) is 0 Å². The van der Waals surface area contributed by atoms with E-state index in [0.29, 0.717) is 23.3 Å². The van der Waals surface area contributed by atoms with Gasteiger partial charge in [0, 0.05) is 16.9 Å². The van der Waals surface area contributed by atoms with E-state index in [1.807, 2.05) is 0 Å². The second kappa shape index (κ2) is 6.43. The Labute approximate surface area is 116 Å². The summed E-state index contributed by atoms with van der Waals surface area (Å²) in [6.45, 7) is 0.324. The first-order valence-corrected chi connectivity index (χ1v) is 6.40. The molecule has 1 aromatic rings. The van der Waals surface area contributed by atoms with Crippen LogP contribution in [0.5, 0.6) is 0 Å². The molecule has 1 rings (SSSR count). The summed E-state index contributed by atoms with van der Waals surface area (Å²) in [6, 6.07) is 2.94. The van der Waals surface area contributed by atoms with E-state index in [1.54, 1.807) is 0 Å². The van der Waals surface area contributed by atoms with Crippen molar-refractivity contribution in [3.63, 3.8) is 0 Å². The van der Waals surface area contributed by atoms with Crippen LogP contribution in [-0.2, 0) is 6.18 Å². The number of hydrogen-bond acceptors (Lipinski definition) is 1. The van der Waals surface area contributed by atoms with E-state index < -0.39 is 17.6 Å². The van der Waals surface area contributed by atoms with Gasteiger partial charge >= 0.3 is 6.18 Å².